The van der Waals surface area contributed by atoms with Gasteiger partial charge in [0.2, 0.25) is 0 Å². The summed E-state index contributed by atoms with van der Waals surface area (Å²) in [6, 6.07) is 18.0. The van der Waals surface area contributed by atoms with Gasteiger partial charge in [0.1, 0.15) is 30.5 Å². The smallest absolute Gasteiger partial charge is 0.409 e. The molecule has 0 bridgehead atoms. The van der Waals surface area contributed by atoms with Crippen molar-refractivity contribution in [2.24, 2.45) is 0 Å². The highest BCUT2D eigenvalue weighted by atomic mass is 16.6. The zero-order valence-electron chi connectivity index (χ0n) is 22.3. The van der Waals surface area contributed by atoms with Crippen LogP contribution in [0, 0.1) is 13.8 Å². The number of cyclic esters (lactones) is 1. The van der Waals surface area contributed by atoms with E-state index in [9.17, 15) is 9.59 Å². The van der Waals surface area contributed by atoms with Gasteiger partial charge in [-0.05, 0) is 72.4 Å². The molecule has 2 aliphatic rings. The van der Waals surface area contributed by atoms with Gasteiger partial charge >= 0.3 is 12.1 Å². The predicted octanol–water partition coefficient (Wildman–Crippen LogP) is 5.72. The highest BCUT2D eigenvalue weighted by Gasteiger charge is 2.26. The number of nitrogens with zero attached hydrogens (tertiary/aromatic N) is 1. The van der Waals surface area contributed by atoms with E-state index in [-0.39, 0.29) is 18.4 Å². The molecule has 39 heavy (non-hydrogen) atoms. The number of carboxylic acid groups (broad SMARTS) is 1. The number of carbonyl (C=O) groups excluding carboxylic acids is 1. The summed E-state index contributed by atoms with van der Waals surface area (Å²) in [5.41, 5.74) is 6.48. The van der Waals surface area contributed by atoms with Crippen LogP contribution in [-0.2, 0) is 16.1 Å². The molecule has 0 saturated carbocycles. The van der Waals surface area contributed by atoms with Crippen LogP contribution in [0.15, 0.2) is 54.6 Å². The third kappa shape index (κ3) is 6.28. The van der Waals surface area contributed by atoms with Crippen molar-refractivity contribution >= 4 is 12.1 Å². The van der Waals surface area contributed by atoms with Gasteiger partial charge in [-0.3, -0.25) is 4.79 Å². The molecule has 0 aromatic heterocycles. The van der Waals surface area contributed by atoms with Crippen molar-refractivity contribution < 1.29 is 33.6 Å². The predicted molar refractivity (Wildman–Crippen MR) is 146 cm³/mol. The topological polar surface area (TPSA) is 94.5 Å². The van der Waals surface area contributed by atoms with Gasteiger partial charge in [0.25, 0.3) is 0 Å². The van der Waals surface area contributed by atoms with Crippen molar-refractivity contribution in [1.82, 2.24) is 4.90 Å². The summed E-state index contributed by atoms with van der Waals surface area (Å²) in [7, 11) is 0. The Hall–Kier alpha value is -4.20. The van der Waals surface area contributed by atoms with Crippen LogP contribution in [0.2, 0.25) is 0 Å². The molecule has 2 aliphatic heterocycles. The maximum atomic E-state index is 11.6. The van der Waals surface area contributed by atoms with Crippen molar-refractivity contribution in [3.63, 3.8) is 0 Å². The lowest BCUT2D eigenvalue weighted by atomic mass is 9.94. The van der Waals surface area contributed by atoms with Crippen molar-refractivity contribution in [2.75, 3.05) is 32.9 Å². The Morgan fingerprint density at radius 3 is 2.59 bits per heavy atom. The highest BCUT2D eigenvalue weighted by molar-refractivity contribution is 5.72. The van der Waals surface area contributed by atoms with Crippen LogP contribution < -0.4 is 14.2 Å². The van der Waals surface area contributed by atoms with Gasteiger partial charge in [-0.15, -0.1) is 0 Å². The Bertz CT molecular complexity index is 1350. The second-order valence-corrected chi connectivity index (χ2v) is 10.0. The Balaban J connectivity index is 1.20. The number of fused-ring (bicyclic) bond motifs is 1. The van der Waals surface area contributed by atoms with Gasteiger partial charge in [0.15, 0.2) is 0 Å². The number of aryl methyl sites for hydroxylation is 2. The minimum atomic E-state index is -0.827. The van der Waals surface area contributed by atoms with Gasteiger partial charge in [0.05, 0.1) is 26.2 Å². The lowest BCUT2D eigenvalue weighted by molar-refractivity contribution is -0.137. The second-order valence-electron chi connectivity index (χ2n) is 10.0. The number of ether oxygens (including phenoxy) is 4. The molecule has 1 fully saturated rings. The molecule has 0 spiro atoms. The summed E-state index contributed by atoms with van der Waals surface area (Å²) in [6.07, 6.45) is 0.560. The SMILES string of the molecule is Cc1cc(OCCCN2CCOC2=O)cc(C)c1-c1cccc(COc2ccc3c(c2)OCC3CC(=O)O)c1. The number of benzene rings is 3. The quantitative estimate of drug-likeness (QED) is 0.316. The number of hydrogen-bond acceptors (Lipinski definition) is 6. The molecule has 3 aromatic rings. The molecule has 8 heteroatoms. The largest absolute Gasteiger partial charge is 0.494 e. The summed E-state index contributed by atoms with van der Waals surface area (Å²) < 4.78 is 22.7. The first kappa shape index (κ1) is 26.4. The van der Waals surface area contributed by atoms with Crippen LogP contribution >= 0.6 is 0 Å². The molecule has 8 nitrogen and oxygen atoms in total. The molecule has 1 unspecified atom stereocenters. The van der Waals surface area contributed by atoms with Crippen LogP contribution in [0.5, 0.6) is 17.2 Å². The van der Waals surface area contributed by atoms with Crippen molar-refractivity contribution in [1.29, 1.82) is 0 Å². The second kappa shape index (κ2) is 11.7. The number of rotatable bonds is 11. The molecule has 1 saturated heterocycles. The van der Waals surface area contributed by atoms with Crippen molar-refractivity contribution in [3.8, 4) is 28.4 Å². The number of amides is 1. The fourth-order valence-electron chi connectivity index (χ4n) is 5.25. The molecule has 1 N–H and O–H groups in total. The van der Waals surface area contributed by atoms with Gasteiger partial charge < -0.3 is 29.0 Å². The summed E-state index contributed by atoms with van der Waals surface area (Å²) in [6.45, 7) is 7.22. The first-order valence-corrected chi connectivity index (χ1v) is 13.2. The first-order chi connectivity index (χ1) is 18.9. The van der Waals surface area contributed by atoms with Crippen LogP contribution in [0.4, 0.5) is 4.79 Å². The molecule has 0 radical (unpaired) electrons. The molecule has 1 atom stereocenters. The van der Waals surface area contributed by atoms with Crippen molar-refractivity contribution in [2.45, 2.75) is 39.2 Å². The number of aliphatic carboxylic acids is 1. The van der Waals surface area contributed by atoms with Gasteiger partial charge in [0, 0.05) is 24.1 Å². The van der Waals surface area contributed by atoms with Crippen LogP contribution in [0.25, 0.3) is 11.1 Å². The monoisotopic (exact) mass is 531 g/mol. The Morgan fingerprint density at radius 1 is 1.03 bits per heavy atom. The molecule has 0 aliphatic carbocycles. The Labute approximate surface area is 228 Å². The van der Waals surface area contributed by atoms with Gasteiger partial charge in [-0.25, -0.2) is 4.79 Å². The zero-order valence-corrected chi connectivity index (χ0v) is 22.3. The summed E-state index contributed by atoms with van der Waals surface area (Å²) in [4.78, 5) is 24.3. The fourth-order valence-corrected chi connectivity index (χ4v) is 5.25. The fraction of sp³-hybridized carbons (Fsp3) is 0.355. The van der Waals surface area contributed by atoms with E-state index in [4.69, 9.17) is 24.1 Å². The Kier molecular flexibility index (Phi) is 7.91. The Morgan fingerprint density at radius 2 is 1.85 bits per heavy atom. The standard InChI is InChI=1S/C31H33NO7/c1-20-13-26(36-11-4-9-32-10-12-37-31(32)35)14-21(2)30(20)23-6-3-5-22(15-23)18-38-25-7-8-27-24(16-29(33)34)19-39-28(27)17-25/h3,5-8,13-15,17,24H,4,9-12,16,18-19H2,1-2H3,(H,33,34). The van der Waals surface area contributed by atoms with Crippen LogP contribution in [0.1, 0.15) is 41.0 Å². The molecule has 204 valence electrons. The summed E-state index contributed by atoms with van der Waals surface area (Å²) in [5.74, 6) is 1.25. The summed E-state index contributed by atoms with van der Waals surface area (Å²) in [5, 5.41) is 9.10. The molecular formula is C31H33NO7. The van der Waals surface area contributed by atoms with Crippen LogP contribution in [0.3, 0.4) is 0 Å². The lowest BCUT2D eigenvalue weighted by Gasteiger charge is -2.16. The molecule has 5 rings (SSSR count). The highest BCUT2D eigenvalue weighted by Crippen LogP contribution is 2.38. The minimum Gasteiger partial charge on any atom is -0.494 e. The van der Waals surface area contributed by atoms with E-state index in [2.05, 4.69) is 38.1 Å². The van der Waals surface area contributed by atoms with Crippen LogP contribution in [-0.4, -0.2) is 55.0 Å². The van der Waals surface area contributed by atoms with E-state index in [0.29, 0.717) is 51.0 Å². The zero-order chi connectivity index (χ0) is 27.4. The average molecular weight is 532 g/mol. The lowest BCUT2D eigenvalue weighted by Crippen LogP contribution is -2.26. The van der Waals surface area contributed by atoms with E-state index in [1.807, 2.05) is 30.3 Å². The van der Waals surface area contributed by atoms with E-state index < -0.39 is 5.97 Å². The average Bonchev–Trinajstić information content (AvgIpc) is 3.50. The number of carboxylic acids is 1. The molecule has 1 amide bonds. The normalized spacial score (nSPS) is 16.0. The maximum absolute atomic E-state index is 11.6. The first-order valence-electron chi connectivity index (χ1n) is 13.2. The summed E-state index contributed by atoms with van der Waals surface area (Å²) >= 11 is 0. The van der Waals surface area contributed by atoms with E-state index in [0.717, 1.165) is 40.0 Å². The number of carbonyl (C=O) groups is 2. The maximum Gasteiger partial charge on any atom is 0.409 e. The van der Waals surface area contributed by atoms with Gasteiger partial charge in [-0.2, -0.15) is 0 Å². The molecular weight excluding hydrogens is 498 g/mol. The van der Waals surface area contributed by atoms with E-state index in [1.54, 1.807) is 4.90 Å². The molecule has 2 heterocycles. The van der Waals surface area contributed by atoms with Gasteiger partial charge in [-0.1, -0.05) is 24.3 Å². The van der Waals surface area contributed by atoms with E-state index in [1.165, 1.54) is 5.56 Å². The van der Waals surface area contributed by atoms with Crippen molar-refractivity contribution in [3.05, 3.63) is 76.9 Å². The minimum absolute atomic E-state index is 0.0582. The third-order valence-corrected chi connectivity index (χ3v) is 7.10. The third-order valence-electron chi connectivity index (χ3n) is 7.10. The number of hydrogen-bond donors (Lipinski definition) is 1. The van der Waals surface area contributed by atoms with E-state index >= 15 is 0 Å². The molecule has 3 aromatic carbocycles.